The van der Waals surface area contributed by atoms with Crippen molar-refractivity contribution in [1.82, 2.24) is 39.7 Å². The average Bonchev–Trinajstić information content (AvgIpc) is 3.93. The van der Waals surface area contributed by atoms with E-state index in [-0.39, 0.29) is 17.1 Å². The zero-order valence-corrected chi connectivity index (χ0v) is 44.0. The molecule has 376 valence electrons. The van der Waals surface area contributed by atoms with Crippen LogP contribution >= 0.6 is 11.3 Å². The Hall–Kier alpha value is -6.14. The number of ether oxygens (including phenoxy) is 2. The van der Waals surface area contributed by atoms with E-state index in [0.29, 0.717) is 55.7 Å². The van der Waals surface area contributed by atoms with Gasteiger partial charge in [0.25, 0.3) is 0 Å². The molecule has 0 saturated heterocycles. The molecule has 0 aliphatic rings. The molecule has 69 heavy (non-hydrogen) atoms. The zero-order chi connectivity index (χ0) is 51.6. The molecule has 14 nitrogen and oxygen atoms in total. The number of nitrogens with zero attached hydrogens (tertiary/aromatic N) is 7. The van der Waals surface area contributed by atoms with Crippen molar-refractivity contribution in [2.75, 3.05) is 62.0 Å². The summed E-state index contributed by atoms with van der Waals surface area (Å²) in [6.07, 6.45) is 5.73. The maximum Gasteiger partial charge on any atom is 0.160 e. The van der Waals surface area contributed by atoms with Crippen LogP contribution < -0.4 is 31.3 Å². The summed E-state index contributed by atoms with van der Waals surface area (Å²) in [5, 5.41) is 30.7. The van der Waals surface area contributed by atoms with Crippen LogP contribution in [-0.4, -0.2) is 103 Å². The van der Waals surface area contributed by atoms with Crippen LogP contribution in [-0.2, 0) is 13.0 Å². The average molecular weight is 971 g/mol. The summed E-state index contributed by atoms with van der Waals surface area (Å²) in [5.41, 5.74) is 15.9. The van der Waals surface area contributed by atoms with Gasteiger partial charge in [0.2, 0.25) is 0 Å². The molecule has 0 radical (unpaired) electrons. The standard InChI is InChI=1S/C26H37FN6O.C20H20FN5OS.C2H7N.2C2H6/c1-17(2)13-23(28)21(18(3)31-4)11-12-34-24-14-20(27)8-9-22(24)19-7-10-25(29)33(15-19)26(30)16-32(5)6;1-13-18(28-12-23-13)7-8-27-17-9-15(21)4-5-16(17)14-3-6-19-24-25-20(10-22-2)26(19)11-14;1-3-2;2*1-2/h7-10,14-15,17,29-30H,11-13,16,28H2,1-6H3;3-6,9,11-12,22H,7-8,10H2,1-2H3;3H,1-2H3;2*1-2H3/b23-21-,29-25?,30-26?,31-18?;;;;. The van der Waals surface area contributed by atoms with Crippen molar-refractivity contribution >= 4 is 28.5 Å². The Bertz CT molecular complexity index is 2620. The maximum atomic E-state index is 14.1. The van der Waals surface area contributed by atoms with Crippen LogP contribution in [0.1, 0.15) is 77.7 Å². The second kappa shape index (κ2) is 31.1. The normalized spacial score (nSPS) is 11.3. The molecule has 0 atom stereocenters. The molecule has 0 amide bonds. The van der Waals surface area contributed by atoms with Crippen molar-refractivity contribution in [3.8, 4) is 33.8 Å². The van der Waals surface area contributed by atoms with Gasteiger partial charge in [0.05, 0.1) is 37.5 Å². The van der Waals surface area contributed by atoms with Gasteiger partial charge in [0.1, 0.15) is 34.5 Å². The van der Waals surface area contributed by atoms with Crippen LogP contribution in [0.25, 0.3) is 27.9 Å². The summed E-state index contributed by atoms with van der Waals surface area (Å²) < 4.78 is 43.4. The molecule has 17 heteroatoms. The smallest absolute Gasteiger partial charge is 0.160 e. The van der Waals surface area contributed by atoms with Gasteiger partial charge in [-0.3, -0.25) is 24.8 Å². The highest BCUT2D eigenvalue weighted by Gasteiger charge is 2.15. The first-order valence-electron chi connectivity index (χ1n) is 23.3. The highest BCUT2D eigenvalue weighted by atomic mass is 32.1. The predicted octanol–water partition coefficient (Wildman–Crippen LogP) is 9.81. The summed E-state index contributed by atoms with van der Waals surface area (Å²) in [6, 6.07) is 16.3. The number of likely N-dealkylation sites (N-methyl/N-ethyl adjacent to an activating group) is 1. The molecular weight excluding hydrogens is 895 g/mol. The van der Waals surface area contributed by atoms with Crippen LogP contribution in [0, 0.1) is 35.3 Å². The van der Waals surface area contributed by atoms with E-state index in [1.807, 2.05) is 110 Å². The fraction of sp³-hybridized carbons (Fsp3) is 0.423. The Morgan fingerprint density at radius 3 is 2.00 bits per heavy atom. The molecule has 0 unspecified atom stereocenters. The molecule has 0 spiro atoms. The van der Waals surface area contributed by atoms with E-state index in [1.165, 1.54) is 33.7 Å². The van der Waals surface area contributed by atoms with E-state index in [0.717, 1.165) is 63.7 Å². The van der Waals surface area contributed by atoms with Gasteiger partial charge in [-0.1, -0.05) is 41.5 Å². The number of pyridine rings is 2. The third-order valence-electron chi connectivity index (χ3n) is 9.85. The molecule has 4 aromatic heterocycles. The van der Waals surface area contributed by atoms with Gasteiger partial charge in [-0.05, 0) is 116 Å². The van der Waals surface area contributed by atoms with Crippen molar-refractivity contribution in [2.24, 2.45) is 16.6 Å². The molecule has 0 bridgehead atoms. The lowest BCUT2D eigenvalue weighted by Gasteiger charge is -2.17. The van der Waals surface area contributed by atoms with Gasteiger partial charge in [-0.25, -0.2) is 13.8 Å². The molecule has 4 heterocycles. The van der Waals surface area contributed by atoms with Crippen molar-refractivity contribution in [1.29, 1.82) is 10.8 Å². The maximum absolute atomic E-state index is 14.1. The minimum atomic E-state index is -0.398. The van der Waals surface area contributed by atoms with Crippen LogP contribution in [0.3, 0.4) is 0 Å². The van der Waals surface area contributed by atoms with Gasteiger partial charge in [-0.2, -0.15) is 0 Å². The van der Waals surface area contributed by atoms with Crippen molar-refractivity contribution in [2.45, 2.75) is 81.2 Å². The molecule has 2 aromatic carbocycles. The number of allylic oxidation sites excluding steroid dienone is 1. The first-order valence-corrected chi connectivity index (χ1v) is 24.2. The van der Waals surface area contributed by atoms with Crippen molar-refractivity contribution in [3.63, 3.8) is 0 Å². The topological polar surface area (TPSA) is 180 Å². The molecule has 0 saturated carbocycles. The number of aliphatic imine (C=N–C) groups is 1. The summed E-state index contributed by atoms with van der Waals surface area (Å²) in [5.74, 6) is 1.70. The minimum absolute atomic E-state index is 0.199. The number of nitrogens with one attached hydrogen (secondary N) is 4. The van der Waals surface area contributed by atoms with Crippen LogP contribution in [0.4, 0.5) is 8.78 Å². The van der Waals surface area contributed by atoms with E-state index in [4.69, 9.17) is 26.0 Å². The van der Waals surface area contributed by atoms with Crippen LogP contribution in [0.5, 0.6) is 11.5 Å². The number of aryl methyl sites for hydroxylation is 1. The number of benzene rings is 2. The number of halogens is 2. The lowest BCUT2D eigenvalue weighted by molar-refractivity contribution is 0.322. The summed E-state index contributed by atoms with van der Waals surface area (Å²) in [4.78, 5) is 11.6. The van der Waals surface area contributed by atoms with Gasteiger partial charge in [0.15, 0.2) is 11.5 Å². The Kier molecular flexibility index (Phi) is 26.6. The first-order chi connectivity index (χ1) is 33.1. The lowest BCUT2D eigenvalue weighted by Crippen LogP contribution is -2.33. The third kappa shape index (κ3) is 18.4. The molecule has 6 aromatic rings. The van der Waals surface area contributed by atoms with Crippen molar-refractivity contribution < 1.29 is 18.3 Å². The monoisotopic (exact) mass is 971 g/mol. The summed E-state index contributed by atoms with van der Waals surface area (Å²) in [6.45, 7) is 17.9. The predicted molar refractivity (Wildman–Crippen MR) is 282 cm³/mol. The molecule has 0 aliphatic carbocycles. The number of nitrogens with two attached hydrogens (primary N) is 1. The zero-order valence-electron chi connectivity index (χ0n) is 43.2. The molecular formula is C52H76F2N12O2S. The van der Waals surface area contributed by atoms with E-state index >= 15 is 0 Å². The lowest BCUT2D eigenvalue weighted by atomic mass is 9.99. The van der Waals surface area contributed by atoms with Crippen molar-refractivity contribution in [3.05, 3.63) is 123 Å². The molecule has 6 rings (SSSR count). The van der Waals surface area contributed by atoms with E-state index in [9.17, 15) is 8.78 Å². The number of thiazole rings is 1. The number of hydrogen-bond acceptors (Lipinski definition) is 13. The number of fused-ring (bicyclic) bond motifs is 1. The minimum Gasteiger partial charge on any atom is -0.492 e. The number of rotatable bonds is 17. The van der Waals surface area contributed by atoms with Gasteiger partial charge in [0, 0.05) is 83.0 Å². The Labute approximate surface area is 412 Å². The highest BCUT2D eigenvalue weighted by Crippen LogP contribution is 2.33. The Balaban J connectivity index is 0.000000424. The quantitative estimate of drug-likeness (QED) is 0.0439. The number of aromatic nitrogens is 5. The fourth-order valence-corrected chi connectivity index (χ4v) is 7.46. The summed E-state index contributed by atoms with van der Waals surface area (Å²) >= 11 is 1.61. The first kappa shape index (κ1) is 59.0. The van der Waals surface area contributed by atoms with E-state index < -0.39 is 5.82 Å². The fourth-order valence-electron chi connectivity index (χ4n) is 6.70. The van der Waals surface area contributed by atoms with Crippen LogP contribution in [0.15, 0.2) is 94.8 Å². The van der Waals surface area contributed by atoms with E-state index in [1.54, 1.807) is 48.8 Å². The second-order valence-electron chi connectivity index (χ2n) is 15.9. The summed E-state index contributed by atoms with van der Waals surface area (Å²) in [7, 11) is 11.1. The van der Waals surface area contributed by atoms with Crippen LogP contribution in [0.2, 0.25) is 0 Å². The third-order valence-corrected chi connectivity index (χ3v) is 10.8. The highest BCUT2D eigenvalue weighted by molar-refractivity contribution is 7.09. The Morgan fingerprint density at radius 2 is 1.46 bits per heavy atom. The molecule has 6 N–H and O–H groups in total. The van der Waals surface area contributed by atoms with E-state index in [2.05, 4.69) is 44.7 Å². The largest absolute Gasteiger partial charge is 0.492 e. The molecule has 0 fully saturated rings. The molecule has 0 aliphatic heterocycles. The van der Waals surface area contributed by atoms with Gasteiger partial charge in [-0.15, -0.1) is 21.5 Å². The SMILES string of the molecule is CC.CC.CN=C(C)/C(CCOc1cc(F)ccc1-c1ccc(=N)n(C(=N)CN(C)C)c1)=C(\N)CC(C)C.CNC.CNCc1nnc2ccc(-c3ccc(F)cc3OCCc3scnc3C)cn12. The second-order valence-corrected chi connectivity index (χ2v) is 16.8. The Morgan fingerprint density at radius 1 is 0.884 bits per heavy atom. The van der Waals surface area contributed by atoms with Gasteiger partial charge < -0.3 is 30.7 Å². The van der Waals surface area contributed by atoms with Gasteiger partial charge >= 0.3 is 0 Å². The number of hydrogen-bond donors (Lipinski definition) is 5.